The van der Waals surface area contributed by atoms with Gasteiger partial charge in [-0.2, -0.15) is 0 Å². The molecule has 0 aliphatic rings. The molecule has 2 rings (SSSR count). The highest BCUT2D eigenvalue weighted by Gasteiger charge is 2.12. The number of carbonyl (C=O) groups is 2. The number of aryl methyl sites for hydroxylation is 2. The maximum atomic E-state index is 12.4. The van der Waals surface area contributed by atoms with Crippen LogP contribution in [-0.4, -0.2) is 23.3 Å². The van der Waals surface area contributed by atoms with E-state index in [9.17, 15) is 9.59 Å². The zero-order valence-electron chi connectivity index (χ0n) is 15.1. The van der Waals surface area contributed by atoms with E-state index in [0.717, 1.165) is 30.4 Å². The first kappa shape index (κ1) is 18.6. The normalized spacial score (nSPS) is 10.4. The molecule has 1 heterocycles. The van der Waals surface area contributed by atoms with Crippen LogP contribution in [-0.2, 0) is 0 Å². The zero-order chi connectivity index (χ0) is 18.2. The van der Waals surface area contributed by atoms with Crippen LogP contribution in [0.25, 0.3) is 0 Å². The summed E-state index contributed by atoms with van der Waals surface area (Å²) in [5.74, 6) is -0.511. The van der Waals surface area contributed by atoms with Gasteiger partial charge in [-0.1, -0.05) is 25.8 Å². The molecule has 25 heavy (non-hydrogen) atoms. The number of anilines is 1. The van der Waals surface area contributed by atoms with E-state index in [1.165, 1.54) is 12.3 Å². The van der Waals surface area contributed by atoms with Crippen molar-refractivity contribution in [1.82, 2.24) is 10.3 Å². The van der Waals surface area contributed by atoms with Crippen LogP contribution in [0.4, 0.5) is 5.69 Å². The maximum absolute atomic E-state index is 12.4. The Morgan fingerprint density at radius 2 is 1.80 bits per heavy atom. The van der Waals surface area contributed by atoms with Crippen molar-refractivity contribution in [3.63, 3.8) is 0 Å². The second-order valence-electron chi connectivity index (χ2n) is 6.15. The third-order valence-corrected chi connectivity index (χ3v) is 4.09. The summed E-state index contributed by atoms with van der Waals surface area (Å²) in [5.41, 5.74) is 3.64. The van der Waals surface area contributed by atoms with E-state index < -0.39 is 0 Å². The van der Waals surface area contributed by atoms with Crippen molar-refractivity contribution in [3.05, 3.63) is 58.9 Å². The first-order valence-corrected chi connectivity index (χ1v) is 8.64. The average Bonchev–Trinajstić information content (AvgIpc) is 2.62. The van der Waals surface area contributed by atoms with E-state index >= 15 is 0 Å². The van der Waals surface area contributed by atoms with Crippen LogP contribution in [0.5, 0.6) is 0 Å². The van der Waals surface area contributed by atoms with Crippen molar-refractivity contribution < 1.29 is 9.59 Å². The van der Waals surface area contributed by atoms with Crippen molar-refractivity contribution in [1.29, 1.82) is 0 Å². The number of benzene rings is 1. The van der Waals surface area contributed by atoms with Gasteiger partial charge in [0.1, 0.15) is 5.69 Å². The number of hydrogen-bond acceptors (Lipinski definition) is 3. The van der Waals surface area contributed by atoms with Gasteiger partial charge in [-0.05, 0) is 55.7 Å². The summed E-state index contributed by atoms with van der Waals surface area (Å²) in [6.07, 6.45) is 4.62. The first-order valence-electron chi connectivity index (χ1n) is 8.64. The molecule has 5 nitrogen and oxygen atoms in total. The fourth-order valence-electron chi connectivity index (χ4n) is 2.39. The van der Waals surface area contributed by atoms with Crippen LogP contribution in [0.1, 0.15) is 58.2 Å². The topological polar surface area (TPSA) is 71.1 Å². The molecule has 2 aromatic rings. The zero-order valence-corrected chi connectivity index (χ0v) is 15.1. The lowest BCUT2D eigenvalue weighted by Gasteiger charge is -2.09. The van der Waals surface area contributed by atoms with Crippen LogP contribution in [0.15, 0.2) is 36.5 Å². The monoisotopic (exact) mass is 339 g/mol. The lowest BCUT2D eigenvalue weighted by Crippen LogP contribution is -2.25. The van der Waals surface area contributed by atoms with Crippen molar-refractivity contribution in [2.75, 3.05) is 11.9 Å². The number of pyridine rings is 1. The number of carbonyl (C=O) groups excluding carboxylic acids is 2. The Hall–Kier alpha value is -2.69. The molecule has 2 amide bonds. The first-order chi connectivity index (χ1) is 12.0. The van der Waals surface area contributed by atoms with Crippen LogP contribution in [0.3, 0.4) is 0 Å². The second-order valence-corrected chi connectivity index (χ2v) is 6.15. The fraction of sp³-hybridized carbons (Fsp3) is 0.350. The van der Waals surface area contributed by atoms with E-state index in [-0.39, 0.29) is 17.5 Å². The predicted octanol–water partition coefficient (Wildman–Crippen LogP) is 3.87. The number of unbranched alkanes of at least 4 members (excludes halogenated alkanes) is 2. The van der Waals surface area contributed by atoms with Crippen LogP contribution in [0, 0.1) is 13.8 Å². The molecule has 0 saturated carbocycles. The van der Waals surface area contributed by atoms with Crippen molar-refractivity contribution >= 4 is 17.5 Å². The van der Waals surface area contributed by atoms with E-state index in [4.69, 9.17) is 0 Å². The third kappa shape index (κ3) is 5.41. The Bertz CT molecular complexity index is 756. The van der Waals surface area contributed by atoms with Crippen LogP contribution < -0.4 is 10.6 Å². The molecule has 2 N–H and O–H groups in total. The molecule has 0 bridgehead atoms. The highest BCUT2D eigenvalue weighted by molar-refractivity contribution is 6.04. The van der Waals surface area contributed by atoms with Gasteiger partial charge in [-0.15, -0.1) is 0 Å². The molecular weight excluding hydrogens is 314 g/mol. The SMILES string of the molecule is CCCCCNC(=O)c1ccnc(C(=O)Nc2ccc(C)c(C)c2)c1. The lowest BCUT2D eigenvalue weighted by atomic mass is 10.1. The molecule has 5 heteroatoms. The minimum absolute atomic E-state index is 0.182. The molecule has 0 aliphatic heterocycles. The average molecular weight is 339 g/mol. The Morgan fingerprint density at radius 1 is 1.00 bits per heavy atom. The van der Waals surface area contributed by atoms with Gasteiger partial charge in [-0.25, -0.2) is 0 Å². The van der Waals surface area contributed by atoms with Gasteiger partial charge in [0, 0.05) is 24.0 Å². The van der Waals surface area contributed by atoms with E-state index in [1.807, 2.05) is 32.0 Å². The minimum Gasteiger partial charge on any atom is -0.352 e. The molecule has 0 atom stereocenters. The largest absolute Gasteiger partial charge is 0.352 e. The summed E-state index contributed by atoms with van der Waals surface area (Å²) >= 11 is 0. The van der Waals surface area contributed by atoms with Crippen molar-refractivity contribution in [2.45, 2.75) is 40.0 Å². The Labute approximate surface area is 148 Å². The molecule has 1 aromatic heterocycles. The molecule has 0 unspecified atom stereocenters. The summed E-state index contributed by atoms with van der Waals surface area (Å²) in [6.45, 7) is 6.77. The summed E-state index contributed by atoms with van der Waals surface area (Å²) in [7, 11) is 0. The van der Waals surface area contributed by atoms with Gasteiger partial charge in [-0.3, -0.25) is 14.6 Å². The molecule has 132 valence electrons. The molecule has 0 fully saturated rings. The van der Waals surface area contributed by atoms with Gasteiger partial charge < -0.3 is 10.6 Å². The number of hydrogen-bond donors (Lipinski definition) is 2. The molecular formula is C20H25N3O2. The number of amides is 2. The summed E-state index contributed by atoms with van der Waals surface area (Å²) in [4.78, 5) is 28.6. The summed E-state index contributed by atoms with van der Waals surface area (Å²) < 4.78 is 0. The maximum Gasteiger partial charge on any atom is 0.274 e. The minimum atomic E-state index is -0.330. The van der Waals surface area contributed by atoms with Gasteiger partial charge in [0.05, 0.1) is 0 Å². The van der Waals surface area contributed by atoms with E-state index in [2.05, 4.69) is 22.5 Å². The number of nitrogens with one attached hydrogen (secondary N) is 2. The van der Waals surface area contributed by atoms with Gasteiger partial charge in [0.2, 0.25) is 0 Å². The lowest BCUT2D eigenvalue weighted by molar-refractivity contribution is 0.0953. The molecule has 0 aliphatic carbocycles. The summed E-state index contributed by atoms with van der Waals surface area (Å²) in [5, 5.41) is 5.68. The molecule has 0 spiro atoms. The van der Waals surface area contributed by atoms with Crippen molar-refractivity contribution in [2.24, 2.45) is 0 Å². The van der Waals surface area contributed by atoms with E-state index in [0.29, 0.717) is 17.8 Å². The van der Waals surface area contributed by atoms with E-state index in [1.54, 1.807) is 6.07 Å². The highest BCUT2D eigenvalue weighted by Crippen LogP contribution is 2.15. The number of nitrogens with zero attached hydrogens (tertiary/aromatic N) is 1. The Kier molecular flexibility index (Phi) is 6.69. The van der Waals surface area contributed by atoms with Gasteiger partial charge in [0.25, 0.3) is 11.8 Å². The molecule has 1 aromatic carbocycles. The molecule has 0 saturated heterocycles. The Balaban J connectivity index is 2.03. The standard InChI is InChI=1S/C20H25N3O2/c1-4-5-6-10-22-19(24)16-9-11-21-18(13-16)20(25)23-17-8-7-14(2)15(3)12-17/h7-9,11-13H,4-6,10H2,1-3H3,(H,22,24)(H,23,25). The predicted molar refractivity (Wildman–Crippen MR) is 100.0 cm³/mol. The fourth-order valence-corrected chi connectivity index (χ4v) is 2.39. The molecule has 0 radical (unpaired) electrons. The highest BCUT2D eigenvalue weighted by atomic mass is 16.2. The van der Waals surface area contributed by atoms with Gasteiger partial charge in [0.15, 0.2) is 0 Å². The quantitative estimate of drug-likeness (QED) is 0.752. The second kappa shape index (κ2) is 8.97. The van der Waals surface area contributed by atoms with Gasteiger partial charge >= 0.3 is 0 Å². The smallest absolute Gasteiger partial charge is 0.274 e. The summed E-state index contributed by atoms with van der Waals surface area (Å²) in [6, 6.07) is 8.86. The number of aromatic nitrogens is 1. The van der Waals surface area contributed by atoms with Crippen molar-refractivity contribution in [3.8, 4) is 0 Å². The van der Waals surface area contributed by atoms with Crippen LogP contribution >= 0.6 is 0 Å². The van der Waals surface area contributed by atoms with Crippen LogP contribution in [0.2, 0.25) is 0 Å². The number of rotatable bonds is 7. The Morgan fingerprint density at radius 3 is 2.52 bits per heavy atom. The third-order valence-electron chi connectivity index (χ3n) is 4.09.